The van der Waals surface area contributed by atoms with Gasteiger partial charge < -0.3 is 9.13 Å². The zero-order valence-electron chi connectivity index (χ0n) is 27.6. The molecule has 0 aliphatic carbocycles. The number of para-hydroxylation sites is 3. The lowest BCUT2D eigenvalue weighted by molar-refractivity contribution is 1.18. The Hall–Kier alpha value is -6.42. The third-order valence-electron chi connectivity index (χ3n) is 10.5. The third-order valence-corrected chi connectivity index (χ3v) is 11.7. The van der Waals surface area contributed by atoms with Gasteiger partial charge in [0.1, 0.15) is 0 Å². The average molecular weight is 667 g/mol. The molecule has 3 heterocycles. The Labute approximate surface area is 298 Å². The second kappa shape index (κ2) is 11.0. The lowest BCUT2D eigenvalue weighted by atomic mass is 10.0. The first-order valence-corrected chi connectivity index (χ1v) is 18.2. The molecule has 8 aromatic carbocycles. The molecule has 0 spiro atoms. The van der Waals surface area contributed by atoms with Crippen LogP contribution in [0, 0.1) is 0 Å². The Morgan fingerprint density at radius 3 is 1.63 bits per heavy atom. The Morgan fingerprint density at radius 1 is 0.275 bits per heavy atom. The van der Waals surface area contributed by atoms with Crippen molar-refractivity contribution in [2.45, 2.75) is 0 Å². The monoisotopic (exact) mass is 666 g/mol. The second-order valence-corrected chi connectivity index (χ2v) is 14.4. The number of aromatic nitrogens is 2. The zero-order chi connectivity index (χ0) is 33.5. The molecule has 0 bridgehead atoms. The first-order chi connectivity index (χ1) is 25.3. The number of rotatable bonds is 4. The Kier molecular flexibility index (Phi) is 6.16. The van der Waals surface area contributed by atoms with Gasteiger partial charge in [-0.1, -0.05) is 109 Å². The zero-order valence-corrected chi connectivity index (χ0v) is 28.4. The number of benzene rings is 8. The predicted octanol–water partition coefficient (Wildman–Crippen LogP) is 13.6. The molecule has 0 saturated carbocycles. The highest BCUT2D eigenvalue weighted by atomic mass is 32.1. The molecule has 0 aliphatic rings. The maximum atomic E-state index is 2.42. The summed E-state index contributed by atoms with van der Waals surface area (Å²) in [6.45, 7) is 0. The number of thiophene rings is 1. The van der Waals surface area contributed by atoms with Crippen molar-refractivity contribution in [2.24, 2.45) is 0 Å². The highest BCUT2D eigenvalue weighted by Crippen LogP contribution is 2.40. The van der Waals surface area contributed by atoms with Crippen molar-refractivity contribution >= 4 is 75.1 Å². The van der Waals surface area contributed by atoms with Gasteiger partial charge in [-0.25, -0.2) is 0 Å². The van der Waals surface area contributed by atoms with Crippen LogP contribution >= 0.6 is 11.3 Å². The minimum atomic E-state index is 1.16. The van der Waals surface area contributed by atoms with Crippen molar-refractivity contribution in [3.63, 3.8) is 0 Å². The number of nitrogens with zero attached hydrogens (tertiary/aromatic N) is 2. The molecular formula is C48H30N2S. The van der Waals surface area contributed by atoms with Crippen LogP contribution in [0.25, 0.3) is 97.4 Å². The summed E-state index contributed by atoms with van der Waals surface area (Å²) in [6.07, 6.45) is 0. The molecule has 0 atom stereocenters. The van der Waals surface area contributed by atoms with E-state index < -0.39 is 0 Å². The van der Waals surface area contributed by atoms with Crippen LogP contribution in [0.5, 0.6) is 0 Å². The maximum Gasteiger partial charge on any atom is 0.0547 e. The molecule has 0 radical (unpaired) electrons. The summed E-state index contributed by atoms with van der Waals surface area (Å²) in [5.41, 5.74) is 12.1. The van der Waals surface area contributed by atoms with Crippen LogP contribution in [-0.2, 0) is 0 Å². The highest BCUT2D eigenvalue weighted by Gasteiger charge is 2.16. The Morgan fingerprint density at radius 2 is 0.804 bits per heavy atom. The quantitative estimate of drug-likeness (QED) is 0.177. The van der Waals surface area contributed by atoms with Gasteiger partial charge in [0.25, 0.3) is 0 Å². The molecule has 11 aromatic rings. The normalized spacial score (nSPS) is 11.9. The van der Waals surface area contributed by atoms with Gasteiger partial charge in [0.2, 0.25) is 0 Å². The summed E-state index contributed by atoms with van der Waals surface area (Å²) >= 11 is 1.86. The van der Waals surface area contributed by atoms with E-state index in [1.54, 1.807) is 0 Å². The lowest BCUT2D eigenvalue weighted by Crippen LogP contribution is -1.94. The fraction of sp³-hybridized carbons (Fsp3) is 0. The van der Waals surface area contributed by atoms with Crippen molar-refractivity contribution in [1.82, 2.24) is 9.13 Å². The predicted molar refractivity (Wildman–Crippen MR) is 219 cm³/mol. The van der Waals surface area contributed by atoms with E-state index >= 15 is 0 Å². The van der Waals surface area contributed by atoms with Crippen molar-refractivity contribution in [3.8, 4) is 33.6 Å². The second-order valence-electron chi connectivity index (χ2n) is 13.4. The van der Waals surface area contributed by atoms with Crippen LogP contribution in [0.3, 0.4) is 0 Å². The van der Waals surface area contributed by atoms with Gasteiger partial charge in [0.05, 0.1) is 22.1 Å². The highest BCUT2D eigenvalue weighted by molar-refractivity contribution is 7.25. The van der Waals surface area contributed by atoms with Crippen LogP contribution < -0.4 is 0 Å². The van der Waals surface area contributed by atoms with Crippen LogP contribution in [0.15, 0.2) is 182 Å². The summed E-state index contributed by atoms with van der Waals surface area (Å²) in [5.74, 6) is 0. The Bertz CT molecular complexity index is 3140. The average Bonchev–Trinajstić information content (AvgIpc) is 3.85. The first-order valence-electron chi connectivity index (χ1n) is 17.4. The van der Waals surface area contributed by atoms with Gasteiger partial charge in [-0.05, 0) is 95.1 Å². The standard InChI is InChI=1S/C48H30N2S/c1-2-12-35(13-3-1)49-43-18-7-4-15-37(43)39-24-21-34(30-46(39)49)32-22-25-45-41(28-32)38-16-5-8-19-44(38)50(45)36-14-10-11-31(27-36)33-23-26-48-42(29-33)40-17-6-9-20-47(40)51-48/h1-30H. The minimum Gasteiger partial charge on any atom is -0.309 e. The molecule has 11 rings (SSSR count). The van der Waals surface area contributed by atoms with E-state index in [2.05, 4.69) is 191 Å². The maximum absolute atomic E-state index is 2.42. The summed E-state index contributed by atoms with van der Waals surface area (Å²) in [7, 11) is 0. The smallest absolute Gasteiger partial charge is 0.0547 e. The molecule has 3 heteroatoms. The Balaban J connectivity index is 1.07. The van der Waals surface area contributed by atoms with Gasteiger partial charge in [0, 0.05) is 53.1 Å². The first kappa shape index (κ1) is 28.4. The van der Waals surface area contributed by atoms with E-state index in [0.717, 1.165) is 5.69 Å². The third kappa shape index (κ3) is 4.35. The molecule has 2 nitrogen and oxygen atoms in total. The largest absolute Gasteiger partial charge is 0.309 e. The van der Waals surface area contributed by atoms with Gasteiger partial charge in [-0.3, -0.25) is 0 Å². The van der Waals surface area contributed by atoms with Crippen LogP contribution in [0.1, 0.15) is 0 Å². The molecule has 3 aromatic heterocycles. The van der Waals surface area contributed by atoms with Crippen LogP contribution in [-0.4, -0.2) is 9.13 Å². The van der Waals surface area contributed by atoms with E-state index in [4.69, 9.17) is 0 Å². The molecule has 0 aliphatic heterocycles. The molecule has 51 heavy (non-hydrogen) atoms. The van der Waals surface area contributed by atoms with E-state index in [1.165, 1.54) is 91.7 Å². The van der Waals surface area contributed by atoms with Gasteiger partial charge >= 0.3 is 0 Å². The van der Waals surface area contributed by atoms with Gasteiger partial charge in [-0.2, -0.15) is 0 Å². The number of hydrogen-bond acceptors (Lipinski definition) is 1. The lowest BCUT2D eigenvalue weighted by Gasteiger charge is -2.11. The number of fused-ring (bicyclic) bond motifs is 9. The molecule has 0 saturated heterocycles. The minimum absolute atomic E-state index is 1.16. The van der Waals surface area contributed by atoms with E-state index in [-0.39, 0.29) is 0 Å². The topological polar surface area (TPSA) is 9.86 Å². The fourth-order valence-corrected chi connectivity index (χ4v) is 9.25. The number of hydrogen-bond donors (Lipinski definition) is 0. The molecule has 238 valence electrons. The van der Waals surface area contributed by atoms with Crippen molar-refractivity contribution < 1.29 is 0 Å². The van der Waals surface area contributed by atoms with Gasteiger partial charge in [0.15, 0.2) is 0 Å². The van der Waals surface area contributed by atoms with Gasteiger partial charge in [-0.15, -0.1) is 11.3 Å². The van der Waals surface area contributed by atoms with E-state index in [0.29, 0.717) is 0 Å². The summed E-state index contributed by atoms with van der Waals surface area (Å²) in [4.78, 5) is 0. The molecule has 0 fully saturated rings. The fourth-order valence-electron chi connectivity index (χ4n) is 8.17. The van der Waals surface area contributed by atoms with E-state index in [1.807, 2.05) is 11.3 Å². The molecule has 0 N–H and O–H groups in total. The van der Waals surface area contributed by atoms with Crippen LogP contribution in [0.4, 0.5) is 0 Å². The molecule has 0 amide bonds. The SMILES string of the molecule is c1ccc(-n2c3ccccc3c3ccc(-c4ccc5c(c4)c4ccccc4n5-c4cccc(-c5ccc6sc7ccccc7c6c5)c4)cc32)cc1. The summed E-state index contributed by atoms with van der Waals surface area (Å²) in [5, 5.41) is 7.70. The van der Waals surface area contributed by atoms with Crippen molar-refractivity contribution in [1.29, 1.82) is 0 Å². The van der Waals surface area contributed by atoms with E-state index in [9.17, 15) is 0 Å². The summed E-state index contributed by atoms with van der Waals surface area (Å²) < 4.78 is 7.48. The summed E-state index contributed by atoms with van der Waals surface area (Å²) in [6, 6.07) is 66.7. The molecular weight excluding hydrogens is 637 g/mol. The molecule has 0 unspecified atom stereocenters. The van der Waals surface area contributed by atoms with Crippen molar-refractivity contribution in [2.75, 3.05) is 0 Å². The van der Waals surface area contributed by atoms with Crippen molar-refractivity contribution in [3.05, 3.63) is 182 Å². The van der Waals surface area contributed by atoms with Crippen LogP contribution in [0.2, 0.25) is 0 Å².